The van der Waals surface area contributed by atoms with E-state index in [2.05, 4.69) is 38.1 Å². The van der Waals surface area contributed by atoms with Gasteiger partial charge in [-0.3, -0.25) is 0 Å². The second-order valence-electron chi connectivity index (χ2n) is 2.52. The van der Waals surface area contributed by atoms with Crippen LogP contribution in [0.25, 0.3) is 0 Å². The van der Waals surface area contributed by atoms with Crippen LogP contribution in [-0.4, -0.2) is 0 Å². The summed E-state index contributed by atoms with van der Waals surface area (Å²) in [6, 6.07) is 8.47. The summed E-state index contributed by atoms with van der Waals surface area (Å²) in [5.74, 6) is 0.685. The van der Waals surface area contributed by atoms with Gasteiger partial charge in [-0.15, -0.1) is 0 Å². The monoisotopic (exact) mass is 314 g/mol. The van der Waals surface area contributed by atoms with Crippen LogP contribution in [0.4, 0.5) is 0 Å². The minimum atomic E-state index is -1.75. The molecule has 0 bridgehead atoms. The summed E-state index contributed by atoms with van der Waals surface area (Å²) < 4.78 is 0. The van der Waals surface area contributed by atoms with Gasteiger partial charge in [0.1, 0.15) is 0 Å². The van der Waals surface area contributed by atoms with Crippen LogP contribution < -0.4 is 0 Å². The van der Waals surface area contributed by atoms with Crippen molar-refractivity contribution in [1.82, 2.24) is 0 Å². The maximum atomic E-state index is 4.95. The fourth-order valence-corrected chi connectivity index (χ4v) is 0.774. The Morgan fingerprint density at radius 1 is 1.08 bits per heavy atom. The standard InChI is InChI=1S/C8H11.3ClH.Ru/c1-7(2)8-5-3-4-6-8;;;;/h3-7H,1-2H3;3*1H;/q-1;;;;+3/p-3. The van der Waals surface area contributed by atoms with Crippen LogP contribution in [0.2, 0.25) is 0 Å². The van der Waals surface area contributed by atoms with Gasteiger partial charge in [0.05, 0.1) is 0 Å². The Balaban J connectivity index is 0.000000261. The molecule has 4 heteroatoms. The van der Waals surface area contributed by atoms with Gasteiger partial charge in [-0.05, 0) is 0 Å². The number of hydrogen-bond acceptors (Lipinski definition) is 0. The molecule has 0 nitrogen and oxygen atoms in total. The first kappa shape index (κ1) is 12.8. The molecule has 0 heterocycles. The van der Waals surface area contributed by atoms with E-state index in [0.717, 1.165) is 0 Å². The van der Waals surface area contributed by atoms with Gasteiger partial charge in [-0.2, -0.15) is 17.7 Å². The van der Waals surface area contributed by atoms with E-state index >= 15 is 0 Å². The normalized spacial score (nSPS) is 10.7. The summed E-state index contributed by atoms with van der Waals surface area (Å²) in [5.41, 5.74) is 1.44. The predicted molar refractivity (Wildman–Crippen MR) is 53.7 cm³/mol. The van der Waals surface area contributed by atoms with Crippen LogP contribution in [0.15, 0.2) is 24.3 Å². The molecule has 0 aliphatic rings. The van der Waals surface area contributed by atoms with Gasteiger partial charge in [0.25, 0.3) is 0 Å². The Labute approximate surface area is 91.2 Å². The molecule has 0 radical (unpaired) electrons. The van der Waals surface area contributed by atoms with Gasteiger partial charge in [-0.25, -0.2) is 12.1 Å². The Morgan fingerprint density at radius 2 is 1.42 bits per heavy atom. The van der Waals surface area contributed by atoms with Gasteiger partial charge in [0.2, 0.25) is 0 Å². The predicted octanol–water partition coefficient (Wildman–Crippen LogP) is 4.59. The molecule has 1 aromatic rings. The quantitative estimate of drug-likeness (QED) is 0.525. The Hall–Kier alpha value is 0.843. The molecule has 73 valence electrons. The van der Waals surface area contributed by atoms with Crippen molar-refractivity contribution in [3.05, 3.63) is 29.8 Å². The van der Waals surface area contributed by atoms with E-state index in [1.165, 1.54) is 5.56 Å². The first-order chi connectivity index (χ1) is 5.54. The van der Waals surface area contributed by atoms with E-state index in [9.17, 15) is 0 Å². The summed E-state index contributed by atoms with van der Waals surface area (Å²) in [5, 5.41) is 0. The molecule has 0 unspecified atom stereocenters. The molecule has 0 amide bonds. The van der Waals surface area contributed by atoms with Crippen molar-refractivity contribution < 1.29 is 13.0 Å². The first-order valence-electron chi connectivity index (χ1n) is 3.42. The van der Waals surface area contributed by atoms with Gasteiger partial charge in [0.15, 0.2) is 0 Å². The van der Waals surface area contributed by atoms with Crippen LogP contribution in [0.3, 0.4) is 0 Å². The third-order valence-electron chi connectivity index (χ3n) is 1.36. The molecule has 0 saturated heterocycles. The Bertz CT molecular complexity index is 179. The minimum absolute atomic E-state index is 0.685. The third kappa shape index (κ3) is 7.49. The molecular weight excluding hydrogens is 304 g/mol. The van der Waals surface area contributed by atoms with Gasteiger partial charge >= 0.3 is 42.1 Å². The fraction of sp³-hybridized carbons (Fsp3) is 0.375. The molecular formula is C8H11Cl3Ru-. The van der Waals surface area contributed by atoms with Gasteiger partial charge in [-0.1, -0.05) is 19.8 Å². The molecule has 0 N–H and O–H groups in total. The van der Waals surface area contributed by atoms with Crippen LogP contribution in [0, 0.1) is 0 Å². The molecule has 0 aromatic heterocycles. The first-order valence-corrected chi connectivity index (χ1v) is 10.1. The summed E-state index contributed by atoms with van der Waals surface area (Å²) in [7, 11) is 14.8. The fourth-order valence-electron chi connectivity index (χ4n) is 0.774. The van der Waals surface area contributed by atoms with E-state index in [1.807, 2.05) is 0 Å². The van der Waals surface area contributed by atoms with Crippen LogP contribution >= 0.6 is 29.1 Å². The van der Waals surface area contributed by atoms with Crippen LogP contribution in [0.5, 0.6) is 0 Å². The third-order valence-corrected chi connectivity index (χ3v) is 1.36. The van der Waals surface area contributed by atoms with E-state index in [-0.39, 0.29) is 0 Å². The van der Waals surface area contributed by atoms with E-state index in [4.69, 9.17) is 29.1 Å². The van der Waals surface area contributed by atoms with E-state index < -0.39 is 13.0 Å². The van der Waals surface area contributed by atoms with Gasteiger partial charge < -0.3 is 0 Å². The van der Waals surface area contributed by atoms with Crippen molar-refractivity contribution in [3.8, 4) is 0 Å². The maximum absolute atomic E-state index is 4.95. The average Bonchev–Trinajstić information content (AvgIpc) is 2.34. The molecule has 1 aromatic carbocycles. The van der Waals surface area contributed by atoms with Crippen molar-refractivity contribution in [2.75, 3.05) is 0 Å². The topological polar surface area (TPSA) is 0 Å². The summed E-state index contributed by atoms with van der Waals surface area (Å²) in [6.45, 7) is 4.41. The SMILES string of the molecule is CC(C)[c-]1cccc1.[Cl][Ru]([Cl])[Cl]. The van der Waals surface area contributed by atoms with Crippen molar-refractivity contribution >= 4 is 29.1 Å². The Morgan fingerprint density at radius 3 is 1.58 bits per heavy atom. The zero-order chi connectivity index (χ0) is 9.56. The van der Waals surface area contributed by atoms with E-state index in [0.29, 0.717) is 5.92 Å². The zero-order valence-electron chi connectivity index (χ0n) is 6.87. The summed E-state index contributed by atoms with van der Waals surface area (Å²) in [6.07, 6.45) is 0. The van der Waals surface area contributed by atoms with E-state index in [1.54, 1.807) is 0 Å². The zero-order valence-corrected chi connectivity index (χ0v) is 10.9. The summed E-state index contributed by atoms with van der Waals surface area (Å²) >= 11 is -1.75. The number of hydrogen-bond donors (Lipinski definition) is 0. The molecule has 0 spiro atoms. The molecule has 0 saturated carbocycles. The van der Waals surface area contributed by atoms with Crippen LogP contribution in [-0.2, 0) is 13.0 Å². The molecule has 1 rings (SSSR count). The Kier molecular flexibility index (Phi) is 7.78. The van der Waals surface area contributed by atoms with Crippen molar-refractivity contribution in [2.24, 2.45) is 0 Å². The van der Waals surface area contributed by atoms with Crippen molar-refractivity contribution in [3.63, 3.8) is 0 Å². The number of halogens is 3. The van der Waals surface area contributed by atoms with Crippen LogP contribution in [0.1, 0.15) is 25.3 Å². The summed E-state index contributed by atoms with van der Waals surface area (Å²) in [4.78, 5) is 0. The molecule has 0 aliphatic heterocycles. The molecule has 0 fully saturated rings. The second kappa shape index (κ2) is 7.27. The average molecular weight is 315 g/mol. The second-order valence-corrected chi connectivity index (χ2v) is 10.4. The van der Waals surface area contributed by atoms with Crippen molar-refractivity contribution in [2.45, 2.75) is 19.8 Å². The molecule has 12 heavy (non-hydrogen) atoms. The number of rotatable bonds is 1. The molecule has 0 atom stereocenters. The van der Waals surface area contributed by atoms with Crippen molar-refractivity contribution in [1.29, 1.82) is 0 Å². The molecule has 0 aliphatic carbocycles. The van der Waals surface area contributed by atoms with Gasteiger partial charge in [0, 0.05) is 0 Å².